The Morgan fingerprint density at radius 2 is 1.74 bits per heavy atom. The first-order valence-electron chi connectivity index (χ1n) is 12.2. The third kappa shape index (κ3) is 12.3. The summed E-state index contributed by atoms with van der Waals surface area (Å²) >= 11 is 0. The number of nitrogens with zero attached hydrogens (tertiary/aromatic N) is 2. The summed E-state index contributed by atoms with van der Waals surface area (Å²) < 4.78 is 4.79. The summed E-state index contributed by atoms with van der Waals surface area (Å²) in [6.45, 7) is 13.7. The van der Waals surface area contributed by atoms with Gasteiger partial charge in [0.25, 0.3) is 0 Å². The number of aliphatic hydroxyl groups is 1. The molecule has 0 aromatic rings. The topological polar surface area (TPSA) is 94.1 Å². The highest BCUT2D eigenvalue weighted by Crippen LogP contribution is 2.17. The fraction of sp³-hybridized carbons (Fsp3) is 0.538. The molecule has 8 nitrogen and oxygen atoms in total. The number of esters is 1. The molecule has 0 saturated heterocycles. The first-order chi connectivity index (χ1) is 16.5. The lowest BCUT2D eigenvalue weighted by Gasteiger charge is -2.33. The van der Waals surface area contributed by atoms with Crippen LogP contribution in [0.25, 0.3) is 0 Å². The molecule has 1 aliphatic heterocycles. The monoisotopic (exact) mass is 478 g/mol. The minimum atomic E-state index is -0.414. The van der Waals surface area contributed by atoms with Gasteiger partial charge in [0.2, 0.25) is 5.91 Å². The molecule has 3 N–H and O–H groups in total. The number of ether oxygens (including phenoxy) is 1. The highest BCUT2D eigenvalue weighted by molar-refractivity contribution is 5.91. The second-order valence-corrected chi connectivity index (χ2v) is 6.58. The zero-order chi connectivity index (χ0) is 26.4. The summed E-state index contributed by atoms with van der Waals surface area (Å²) in [7, 11) is 3.12. The Morgan fingerprint density at radius 3 is 2.24 bits per heavy atom. The van der Waals surface area contributed by atoms with E-state index in [1.807, 2.05) is 37.5 Å². The van der Waals surface area contributed by atoms with Crippen molar-refractivity contribution in [2.75, 3.05) is 33.8 Å². The molecule has 0 bridgehead atoms. The van der Waals surface area contributed by atoms with Crippen molar-refractivity contribution in [1.29, 1.82) is 0 Å². The van der Waals surface area contributed by atoms with E-state index >= 15 is 0 Å². The average molecular weight is 479 g/mol. The molecule has 1 heterocycles. The van der Waals surface area contributed by atoms with Crippen molar-refractivity contribution in [3.05, 3.63) is 60.3 Å². The van der Waals surface area contributed by atoms with Crippen LogP contribution in [0.2, 0.25) is 0 Å². The van der Waals surface area contributed by atoms with Gasteiger partial charge in [0.05, 0.1) is 25.5 Å². The van der Waals surface area contributed by atoms with E-state index in [0.717, 1.165) is 32.2 Å². The summed E-state index contributed by atoms with van der Waals surface area (Å²) in [6.07, 6.45) is 14.3. The Labute approximate surface area is 206 Å². The molecule has 8 heteroatoms. The van der Waals surface area contributed by atoms with Crippen LogP contribution in [-0.4, -0.2) is 66.7 Å². The summed E-state index contributed by atoms with van der Waals surface area (Å²) in [5.41, 5.74) is 0.444. The standard InChI is InChI=1S/C22H34N4O4.2C2H6/c1-5-12-25(13-6-2)21(28)17-24-19(10-8-7-9-15-27)26-14-11-18(22(29)30-4)16-20(26)23-3;2*1-2/h7-11,14-16,20,23-24,27H,5-6,12-13,17H2,1-4H3;2*1-2H3/b8-7+,15-9-,19-10+;;. The maximum Gasteiger partial charge on any atom is 0.337 e. The van der Waals surface area contributed by atoms with Crippen molar-refractivity contribution in [3.63, 3.8) is 0 Å². The van der Waals surface area contributed by atoms with Gasteiger partial charge in [-0.25, -0.2) is 4.79 Å². The second kappa shape index (κ2) is 21.8. The smallest absolute Gasteiger partial charge is 0.337 e. The van der Waals surface area contributed by atoms with E-state index in [4.69, 9.17) is 9.84 Å². The van der Waals surface area contributed by atoms with Crippen LogP contribution in [0, 0.1) is 0 Å². The minimum Gasteiger partial charge on any atom is -0.516 e. The van der Waals surface area contributed by atoms with Crippen molar-refractivity contribution >= 4 is 11.9 Å². The largest absolute Gasteiger partial charge is 0.516 e. The Balaban J connectivity index is 0. The van der Waals surface area contributed by atoms with Crippen molar-refractivity contribution in [2.24, 2.45) is 0 Å². The van der Waals surface area contributed by atoms with Gasteiger partial charge in [-0.15, -0.1) is 0 Å². The van der Waals surface area contributed by atoms with Crippen molar-refractivity contribution < 1.29 is 19.4 Å². The van der Waals surface area contributed by atoms with Crippen LogP contribution in [0.1, 0.15) is 54.4 Å². The number of rotatable bonds is 12. The lowest BCUT2D eigenvalue weighted by molar-refractivity contribution is -0.135. The lowest BCUT2D eigenvalue weighted by Crippen LogP contribution is -2.46. The lowest BCUT2D eigenvalue weighted by atomic mass is 10.1. The number of allylic oxidation sites excluding steroid dienone is 4. The second-order valence-electron chi connectivity index (χ2n) is 6.58. The number of aliphatic hydroxyl groups excluding tert-OH is 1. The van der Waals surface area contributed by atoms with E-state index < -0.39 is 5.97 Å². The third-order valence-electron chi connectivity index (χ3n) is 4.37. The molecule has 1 amide bonds. The Kier molecular flexibility index (Phi) is 21.3. The van der Waals surface area contributed by atoms with Gasteiger partial charge in [-0.1, -0.05) is 53.7 Å². The molecule has 0 radical (unpaired) electrons. The maximum atomic E-state index is 12.7. The van der Waals surface area contributed by atoms with Crippen LogP contribution in [0.4, 0.5) is 0 Å². The van der Waals surface area contributed by atoms with E-state index in [0.29, 0.717) is 11.4 Å². The Hall–Kier alpha value is -3.00. The molecule has 1 atom stereocenters. The molecule has 1 rings (SSSR count). The Bertz CT molecular complexity index is 706. The summed E-state index contributed by atoms with van der Waals surface area (Å²) in [6, 6.07) is 0. The van der Waals surface area contributed by atoms with E-state index in [1.54, 1.807) is 43.6 Å². The highest BCUT2D eigenvalue weighted by Gasteiger charge is 2.23. The normalized spacial score (nSPS) is 15.2. The minimum absolute atomic E-state index is 0.0247. The number of carbonyl (C=O) groups excluding carboxylic acids is 2. The molecule has 0 saturated carbocycles. The fourth-order valence-electron chi connectivity index (χ4n) is 2.94. The summed E-state index contributed by atoms with van der Waals surface area (Å²) in [5, 5.41) is 15.1. The van der Waals surface area contributed by atoms with Crippen LogP contribution in [0.3, 0.4) is 0 Å². The van der Waals surface area contributed by atoms with Gasteiger partial charge in [0.1, 0.15) is 12.0 Å². The molecule has 0 aliphatic carbocycles. The number of carbonyl (C=O) groups is 2. The zero-order valence-corrected chi connectivity index (χ0v) is 22.3. The van der Waals surface area contributed by atoms with Gasteiger partial charge in [0.15, 0.2) is 0 Å². The number of hydrogen-bond acceptors (Lipinski definition) is 7. The predicted octanol–water partition coefficient (Wildman–Crippen LogP) is 4.22. The zero-order valence-electron chi connectivity index (χ0n) is 22.3. The van der Waals surface area contributed by atoms with Crippen LogP contribution in [0.5, 0.6) is 0 Å². The summed E-state index contributed by atoms with van der Waals surface area (Å²) in [5.74, 6) is 0.272. The summed E-state index contributed by atoms with van der Waals surface area (Å²) in [4.78, 5) is 28.2. The number of nitrogens with one attached hydrogen (secondary N) is 2. The van der Waals surface area contributed by atoms with E-state index in [2.05, 4.69) is 24.5 Å². The van der Waals surface area contributed by atoms with Gasteiger partial charge in [-0.05, 0) is 44.2 Å². The van der Waals surface area contributed by atoms with E-state index in [9.17, 15) is 9.59 Å². The van der Waals surface area contributed by atoms with Crippen molar-refractivity contribution in [3.8, 4) is 0 Å². The van der Waals surface area contributed by atoms with Gasteiger partial charge in [-0.2, -0.15) is 0 Å². The molecule has 194 valence electrons. The van der Waals surface area contributed by atoms with Crippen LogP contribution in [-0.2, 0) is 14.3 Å². The van der Waals surface area contributed by atoms with Crippen LogP contribution in [0.15, 0.2) is 60.3 Å². The number of hydrogen-bond donors (Lipinski definition) is 3. The molecular weight excluding hydrogens is 432 g/mol. The van der Waals surface area contributed by atoms with Crippen LogP contribution >= 0.6 is 0 Å². The SMILES string of the molecule is CC.CC.CCCN(CCC)C(=O)CN\C(=C/C=C/C=C\O)N1C=CC(C(=O)OC)=CC1NC. The molecule has 0 aromatic heterocycles. The highest BCUT2D eigenvalue weighted by atomic mass is 16.5. The first kappa shape index (κ1) is 33.2. The molecule has 0 fully saturated rings. The van der Waals surface area contributed by atoms with E-state index in [-0.39, 0.29) is 18.6 Å². The molecule has 34 heavy (non-hydrogen) atoms. The maximum absolute atomic E-state index is 12.7. The Morgan fingerprint density at radius 1 is 1.12 bits per heavy atom. The fourth-order valence-corrected chi connectivity index (χ4v) is 2.94. The van der Waals surface area contributed by atoms with Gasteiger partial charge in [-0.3, -0.25) is 10.1 Å². The van der Waals surface area contributed by atoms with Crippen molar-refractivity contribution in [2.45, 2.75) is 60.5 Å². The van der Waals surface area contributed by atoms with Gasteiger partial charge in [0, 0.05) is 19.3 Å². The predicted molar refractivity (Wildman–Crippen MR) is 141 cm³/mol. The molecule has 1 aliphatic rings. The third-order valence-corrected chi connectivity index (χ3v) is 4.37. The number of methoxy groups -OCH3 is 1. The number of likely N-dealkylation sites (N-methyl/N-ethyl adjacent to an activating group) is 1. The van der Waals surface area contributed by atoms with Crippen molar-refractivity contribution in [1.82, 2.24) is 20.4 Å². The van der Waals surface area contributed by atoms with E-state index in [1.165, 1.54) is 13.2 Å². The van der Waals surface area contributed by atoms with Crippen LogP contribution < -0.4 is 10.6 Å². The molecule has 1 unspecified atom stereocenters. The van der Waals surface area contributed by atoms with Gasteiger partial charge < -0.3 is 25.0 Å². The molecule has 0 spiro atoms. The molecule has 0 aromatic carbocycles. The first-order valence-corrected chi connectivity index (χ1v) is 12.2. The quantitative estimate of drug-likeness (QED) is 0.220. The number of amides is 1. The van der Waals surface area contributed by atoms with Gasteiger partial charge >= 0.3 is 5.97 Å². The molecular formula is C26H46N4O4. The average Bonchev–Trinajstić information content (AvgIpc) is 2.89.